The van der Waals surface area contributed by atoms with Crippen molar-refractivity contribution in [3.8, 4) is 28.7 Å². The molecule has 0 bridgehead atoms. The molecule has 208 valence electrons. The van der Waals surface area contributed by atoms with E-state index >= 15 is 0 Å². The topological polar surface area (TPSA) is 103 Å². The molecule has 1 aliphatic rings. The zero-order chi connectivity index (χ0) is 27.5. The minimum absolute atomic E-state index is 0. The van der Waals surface area contributed by atoms with Crippen LogP contribution in [0.2, 0.25) is 0 Å². The van der Waals surface area contributed by atoms with Gasteiger partial charge in [-0.05, 0) is 79.6 Å². The highest BCUT2D eigenvalue weighted by Crippen LogP contribution is 2.30. The monoisotopic (exact) mass is 587 g/mol. The molecular formula is C31H26ClN3O5S. The number of aromatic nitrogens is 2. The van der Waals surface area contributed by atoms with Crippen molar-refractivity contribution in [1.82, 2.24) is 15.3 Å². The Kier molecular flexibility index (Phi) is 8.47. The van der Waals surface area contributed by atoms with Crippen LogP contribution in [-0.4, -0.2) is 26.4 Å². The first-order chi connectivity index (χ1) is 19.5. The Morgan fingerprint density at radius 1 is 0.805 bits per heavy atom. The molecule has 2 unspecified atom stereocenters. The third kappa shape index (κ3) is 6.82. The molecule has 0 saturated carbocycles. The summed E-state index contributed by atoms with van der Waals surface area (Å²) in [5, 5.41) is 1.63. The van der Waals surface area contributed by atoms with Crippen LogP contribution in [0.1, 0.15) is 24.4 Å². The summed E-state index contributed by atoms with van der Waals surface area (Å²) in [7, 11) is 0. The molecule has 1 saturated heterocycles. The van der Waals surface area contributed by atoms with Crippen molar-refractivity contribution in [3.05, 3.63) is 108 Å². The fourth-order valence-corrected chi connectivity index (χ4v) is 5.17. The van der Waals surface area contributed by atoms with E-state index in [0.29, 0.717) is 29.5 Å². The highest BCUT2D eigenvalue weighted by Gasteiger charge is 2.31. The van der Waals surface area contributed by atoms with E-state index in [1.807, 2.05) is 104 Å². The van der Waals surface area contributed by atoms with E-state index in [1.54, 1.807) is 0 Å². The number of rotatable bonds is 9. The van der Waals surface area contributed by atoms with Crippen molar-refractivity contribution in [2.75, 3.05) is 0 Å². The minimum atomic E-state index is -0.393. The maximum absolute atomic E-state index is 11.8. The van der Waals surface area contributed by atoms with Gasteiger partial charge in [-0.25, -0.2) is 4.98 Å². The number of carbonyl (C=O) groups excluding carboxylic acids is 2. The predicted molar refractivity (Wildman–Crippen MR) is 160 cm³/mol. The summed E-state index contributed by atoms with van der Waals surface area (Å²) >= 11 is 1.03. The first-order valence-corrected chi connectivity index (χ1v) is 13.6. The zero-order valence-corrected chi connectivity index (χ0v) is 23.5. The number of ether oxygens (including phenoxy) is 3. The lowest BCUT2D eigenvalue weighted by Crippen LogP contribution is -2.25. The van der Waals surface area contributed by atoms with Gasteiger partial charge in [-0.2, -0.15) is 0 Å². The molecule has 1 aromatic heterocycles. The summed E-state index contributed by atoms with van der Waals surface area (Å²) in [5.74, 6) is 4.01. The van der Waals surface area contributed by atoms with Gasteiger partial charge in [0.15, 0.2) is 6.10 Å². The minimum Gasteiger partial charge on any atom is -0.483 e. The van der Waals surface area contributed by atoms with Crippen LogP contribution in [0.15, 0.2) is 97.1 Å². The Hall–Kier alpha value is -4.47. The number of nitrogens with zero attached hydrogens (tertiary/aromatic N) is 1. The molecule has 4 aromatic carbocycles. The van der Waals surface area contributed by atoms with Crippen molar-refractivity contribution in [2.45, 2.75) is 24.7 Å². The smallest absolute Gasteiger partial charge is 0.286 e. The van der Waals surface area contributed by atoms with Gasteiger partial charge in [-0.15, -0.1) is 12.4 Å². The number of imidazole rings is 1. The first kappa shape index (κ1) is 28.1. The van der Waals surface area contributed by atoms with Crippen LogP contribution in [0.25, 0.3) is 11.0 Å². The number of para-hydroxylation sites is 1. The Bertz CT molecular complexity index is 1660. The molecule has 2 N–H and O–H groups in total. The third-order valence-corrected chi connectivity index (χ3v) is 7.30. The van der Waals surface area contributed by atoms with Crippen LogP contribution < -0.4 is 19.5 Å². The van der Waals surface area contributed by atoms with E-state index in [2.05, 4.69) is 15.3 Å². The van der Waals surface area contributed by atoms with Crippen LogP contribution in [0, 0.1) is 0 Å². The Balaban J connectivity index is 0.00000337. The van der Waals surface area contributed by atoms with Crippen LogP contribution >= 0.6 is 24.2 Å². The van der Waals surface area contributed by atoms with E-state index in [9.17, 15) is 9.59 Å². The molecular weight excluding hydrogens is 562 g/mol. The van der Waals surface area contributed by atoms with E-state index < -0.39 is 5.25 Å². The van der Waals surface area contributed by atoms with Crippen molar-refractivity contribution in [2.24, 2.45) is 0 Å². The quantitative estimate of drug-likeness (QED) is 0.183. The SMILES string of the molecule is CC(Oc1ccc(CC2SC(=O)NC2=O)cc1)c1nc2ccc(Oc3ccc(Oc4ccccc4)cc3)cc2[nH]1.Cl. The number of benzene rings is 4. The molecule has 10 heteroatoms. The first-order valence-electron chi connectivity index (χ1n) is 12.8. The fraction of sp³-hybridized carbons (Fsp3) is 0.129. The van der Waals surface area contributed by atoms with Crippen LogP contribution in [0.5, 0.6) is 28.7 Å². The second kappa shape index (κ2) is 12.4. The number of fused-ring (bicyclic) bond motifs is 1. The van der Waals surface area contributed by atoms with Gasteiger partial charge in [0.25, 0.3) is 5.24 Å². The summed E-state index contributed by atoms with van der Waals surface area (Å²) in [6.07, 6.45) is 0.158. The van der Waals surface area contributed by atoms with E-state index in [-0.39, 0.29) is 29.7 Å². The average Bonchev–Trinajstić information content (AvgIpc) is 3.53. The van der Waals surface area contributed by atoms with Gasteiger partial charge in [0.05, 0.1) is 16.3 Å². The molecule has 2 amide bonds. The Morgan fingerprint density at radius 2 is 1.41 bits per heavy atom. The lowest BCUT2D eigenvalue weighted by atomic mass is 10.1. The molecule has 5 aromatic rings. The Labute approximate surface area is 246 Å². The van der Waals surface area contributed by atoms with Crippen molar-refractivity contribution in [1.29, 1.82) is 0 Å². The van der Waals surface area contributed by atoms with Gasteiger partial charge in [-0.3, -0.25) is 14.9 Å². The number of nitrogens with one attached hydrogen (secondary N) is 2. The number of H-pyrrole nitrogens is 1. The molecule has 1 aliphatic heterocycles. The number of aromatic amines is 1. The van der Waals surface area contributed by atoms with Crippen molar-refractivity contribution < 1.29 is 23.8 Å². The highest BCUT2D eigenvalue weighted by molar-refractivity contribution is 8.15. The van der Waals surface area contributed by atoms with Gasteiger partial charge >= 0.3 is 0 Å². The Morgan fingerprint density at radius 3 is 2.07 bits per heavy atom. The van der Waals surface area contributed by atoms with Gasteiger partial charge in [0.2, 0.25) is 5.91 Å². The molecule has 2 heterocycles. The summed E-state index contributed by atoms with van der Waals surface area (Å²) in [6.45, 7) is 1.92. The maximum Gasteiger partial charge on any atom is 0.286 e. The molecule has 0 spiro atoms. The highest BCUT2D eigenvalue weighted by atomic mass is 35.5. The van der Waals surface area contributed by atoms with Crippen LogP contribution in [0.3, 0.4) is 0 Å². The fourth-order valence-electron chi connectivity index (χ4n) is 4.31. The second-order valence-corrected chi connectivity index (χ2v) is 10.5. The maximum atomic E-state index is 11.8. The summed E-state index contributed by atoms with van der Waals surface area (Å²) in [4.78, 5) is 31.2. The van der Waals surface area contributed by atoms with Crippen LogP contribution in [-0.2, 0) is 11.2 Å². The number of thioether (sulfide) groups is 1. The van der Waals surface area contributed by atoms with Crippen molar-refractivity contribution >= 4 is 46.3 Å². The molecule has 0 aliphatic carbocycles. The standard InChI is InChI=1S/C31H25N3O5S.ClH/c1-19(37-22-9-7-20(8-10-22)17-28-30(35)34-31(36)40-28)29-32-26-16-15-25(18-27(26)33-29)39-24-13-11-23(12-14-24)38-21-5-3-2-4-6-21;/h2-16,18-19,28H,17H2,1H3,(H,32,33)(H,34,35,36);1H. The number of halogens is 1. The summed E-state index contributed by atoms with van der Waals surface area (Å²) < 4.78 is 18.0. The van der Waals surface area contributed by atoms with Gasteiger partial charge in [0.1, 0.15) is 34.6 Å². The second-order valence-electron chi connectivity index (χ2n) is 9.28. The molecule has 2 atom stereocenters. The van der Waals surface area contributed by atoms with Gasteiger partial charge < -0.3 is 19.2 Å². The van der Waals surface area contributed by atoms with E-state index in [1.165, 1.54) is 0 Å². The lowest BCUT2D eigenvalue weighted by molar-refractivity contribution is -0.118. The lowest BCUT2D eigenvalue weighted by Gasteiger charge is -2.13. The van der Waals surface area contributed by atoms with Gasteiger partial charge in [0, 0.05) is 6.07 Å². The van der Waals surface area contributed by atoms with Crippen LogP contribution in [0.4, 0.5) is 4.79 Å². The normalized spacial score (nSPS) is 15.2. The molecule has 6 rings (SSSR count). The molecule has 0 radical (unpaired) electrons. The zero-order valence-electron chi connectivity index (χ0n) is 21.9. The number of hydrogen-bond acceptors (Lipinski definition) is 7. The molecule has 1 fully saturated rings. The number of carbonyl (C=O) groups is 2. The molecule has 41 heavy (non-hydrogen) atoms. The largest absolute Gasteiger partial charge is 0.483 e. The molecule has 8 nitrogen and oxygen atoms in total. The average molecular weight is 588 g/mol. The number of hydrogen-bond donors (Lipinski definition) is 2. The summed E-state index contributed by atoms with van der Waals surface area (Å²) in [5.41, 5.74) is 2.60. The van der Waals surface area contributed by atoms with E-state index in [0.717, 1.165) is 39.9 Å². The third-order valence-electron chi connectivity index (χ3n) is 6.32. The number of imide groups is 1. The van der Waals surface area contributed by atoms with Gasteiger partial charge in [-0.1, -0.05) is 42.1 Å². The predicted octanol–water partition coefficient (Wildman–Crippen LogP) is 7.60. The number of amides is 2. The van der Waals surface area contributed by atoms with E-state index in [4.69, 9.17) is 14.2 Å². The summed E-state index contributed by atoms with van der Waals surface area (Å²) in [6, 6.07) is 30.3. The van der Waals surface area contributed by atoms with Crippen molar-refractivity contribution in [3.63, 3.8) is 0 Å².